The number of unbranched alkanes of at least 4 members (excludes halogenated alkanes) is 1. The molecule has 2 nitrogen and oxygen atoms in total. The molecule has 0 amide bonds. The maximum Gasteiger partial charge on any atom is 0.126 e. The summed E-state index contributed by atoms with van der Waals surface area (Å²) >= 11 is 0. The van der Waals surface area contributed by atoms with Gasteiger partial charge in [-0.1, -0.05) is 25.5 Å². The largest absolute Gasteiger partial charge is 0.496 e. The Bertz CT molecular complexity index is 332. The molecule has 0 heterocycles. The maximum absolute atomic E-state index is 5.74. The molecule has 1 aromatic carbocycles. The van der Waals surface area contributed by atoms with Crippen LogP contribution in [0.1, 0.15) is 25.3 Å². The second-order valence-electron chi connectivity index (χ2n) is 3.63. The van der Waals surface area contributed by atoms with Crippen molar-refractivity contribution >= 4 is 0 Å². The monoisotopic (exact) mass is 220 g/mol. The summed E-state index contributed by atoms with van der Waals surface area (Å²) in [6.45, 7) is 6.67. The Morgan fingerprint density at radius 3 is 2.69 bits per heavy atom. The van der Waals surface area contributed by atoms with Crippen molar-refractivity contribution in [3.63, 3.8) is 0 Å². The molecule has 0 aliphatic carbocycles. The van der Waals surface area contributed by atoms with Gasteiger partial charge < -0.3 is 9.47 Å². The van der Waals surface area contributed by atoms with E-state index < -0.39 is 0 Å². The van der Waals surface area contributed by atoms with Crippen molar-refractivity contribution in [3.05, 3.63) is 36.4 Å². The van der Waals surface area contributed by atoms with Gasteiger partial charge in [-0.3, -0.25) is 0 Å². The van der Waals surface area contributed by atoms with E-state index in [4.69, 9.17) is 9.47 Å². The minimum Gasteiger partial charge on any atom is -0.496 e. The van der Waals surface area contributed by atoms with Crippen LogP contribution in [0.5, 0.6) is 11.5 Å². The first-order valence-corrected chi connectivity index (χ1v) is 5.73. The van der Waals surface area contributed by atoms with E-state index in [9.17, 15) is 0 Å². The van der Waals surface area contributed by atoms with Crippen molar-refractivity contribution in [2.75, 3.05) is 13.7 Å². The number of allylic oxidation sites excluding steroid dienone is 1. The first-order valence-electron chi connectivity index (χ1n) is 5.73. The van der Waals surface area contributed by atoms with E-state index in [-0.39, 0.29) is 0 Å². The van der Waals surface area contributed by atoms with Crippen LogP contribution in [-0.2, 0) is 6.42 Å². The summed E-state index contributed by atoms with van der Waals surface area (Å²) in [5.41, 5.74) is 1.08. The molecule has 0 bridgehead atoms. The maximum atomic E-state index is 5.74. The van der Waals surface area contributed by atoms with Gasteiger partial charge in [0.2, 0.25) is 0 Å². The first-order chi connectivity index (χ1) is 7.83. The Balaban J connectivity index is 2.83. The van der Waals surface area contributed by atoms with Gasteiger partial charge in [-0.2, -0.15) is 0 Å². The lowest BCUT2D eigenvalue weighted by Gasteiger charge is -2.13. The number of rotatable bonds is 7. The highest BCUT2D eigenvalue weighted by Gasteiger charge is 2.08. The molecule has 0 aliphatic heterocycles. The van der Waals surface area contributed by atoms with Gasteiger partial charge in [0.25, 0.3) is 0 Å². The third-order valence-corrected chi connectivity index (χ3v) is 2.41. The van der Waals surface area contributed by atoms with Gasteiger partial charge in [0, 0.05) is 5.56 Å². The molecule has 88 valence electrons. The highest BCUT2D eigenvalue weighted by molar-refractivity contribution is 5.45. The Kier molecular flexibility index (Phi) is 5.48. The topological polar surface area (TPSA) is 18.5 Å². The number of hydrogen-bond acceptors (Lipinski definition) is 2. The Morgan fingerprint density at radius 1 is 1.31 bits per heavy atom. The van der Waals surface area contributed by atoms with Gasteiger partial charge >= 0.3 is 0 Å². The molecular formula is C14H20O2. The van der Waals surface area contributed by atoms with Crippen molar-refractivity contribution in [1.29, 1.82) is 0 Å². The molecular weight excluding hydrogens is 200 g/mol. The average molecular weight is 220 g/mol. The van der Waals surface area contributed by atoms with Gasteiger partial charge in [-0.05, 0) is 25.0 Å². The fraction of sp³-hybridized carbons (Fsp3) is 0.429. The van der Waals surface area contributed by atoms with Crippen LogP contribution < -0.4 is 9.47 Å². The van der Waals surface area contributed by atoms with Crippen LogP contribution in [0.4, 0.5) is 0 Å². The SMILES string of the molecule is C=CCc1c(OC)cccc1OCCCC. The van der Waals surface area contributed by atoms with Gasteiger partial charge in [0.1, 0.15) is 11.5 Å². The minimum absolute atomic E-state index is 0.758. The summed E-state index contributed by atoms with van der Waals surface area (Å²) in [7, 11) is 1.68. The number of hydrogen-bond donors (Lipinski definition) is 0. The zero-order valence-electron chi connectivity index (χ0n) is 10.2. The van der Waals surface area contributed by atoms with Gasteiger partial charge in [-0.25, -0.2) is 0 Å². The fourth-order valence-corrected chi connectivity index (χ4v) is 1.54. The molecule has 0 unspecified atom stereocenters. The molecule has 1 rings (SSSR count). The van der Waals surface area contributed by atoms with E-state index in [1.165, 1.54) is 0 Å². The molecule has 0 radical (unpaired) electrons. The fourth-order valence-electron chi connectivity index (χ4n) is 1.54. The predicted octanol–water partition coefficient (Wildman–Crippen LogP) is 3.60. The van der Waals surface area contributed by atoms with E-state index in [1.54, 1.807) is 7.11 Å². The van der Waals surface area contributed by atoms with Crippen LogP contribution in [0.2, 0.25) is 0 Å². The summed E-state index contributed by atoms with van der Waals surface area (Å²) in [4.78, 5) is 0. The van der Waals surface area contributed by atoms with Crippen LogP contribution in [0.25, 0.3) is 0 Å². The molecule has 0 aliphatic rings. The zero-order valence-corrected chi connectivity index (χ0v) is 10.2. The minimum atomic E-state index is 0.758. The molecule has 0 aromatic heterocycles. The summed E-state index contributed by atoms with van der Waals surface area (Å²) < 4.78 is 11.1. The third kappa shape index (κ3) is 3.30. The first kappa shape index (κ1) is 12.6. The quantitative estimate of drug-likeness (QED) is 0.516. The Hall–Kier alpha value is -1.44. The average Bonchev–Trinajstić information content (AvgIpc) is 2.31. The lowest BCUT2D eigenvalue weighted by molar-refractivity contribution is 0.303. The number of benzene rings is 1. The highest BCUT2D eigenvalue weighted by atomic mass is 16.5. The Labute approximate surface area is 97.9 Å². The second kappa shape index (κ2) is 6.94. The number of ether oxygens (including phenoxy) is 2. The van der Waals surface area contributed by atoms with Gasteiger partial charge in [0.05, 0.1) is 13.7 Å². The molecule has 0 fully saturated rings. The highest BCUT2D eigenvalue weighted by Crippen LogP contribution is 2.29. The third-order valence-electron chi connectivity index (χ3n) is 2.41. The van der Waals surface area contributed by atoms with Gasteiger partial charge in [0.15, 0.2) is 0 Å². The van der Waals surface area contributed by atoms with E-state index in [1.807, 2.05) is 24.3 Å². The second-order valence-corrected chi connectivity index (χ2v) is 3.63. The van der Waals surface area contributed by atoms with Crippen molar-refractivity contribution in [3.8, 4) is 11.5 Å². The summed E-state index contributed by atoms with van der Waals surface area (Å²) in [6, 6.07) is 5.88. The summed E-state index contributed by atoms with van der Waals surface area (Å²) in [5, 5.41) is 0. The lowest BCUT2D eigenvalue weighted by atomic mass is 10.1. The van der Waals surface area contributed by atoms with E-state index in [0.29, 0.717) is 0 Å². The lowest BCUT2D eigenvalue weighted by Crippen LogP contribution is -2.01. The smallest absolute Gasteiger partial charge is 0.126 e. The molecule has 0 N–H and O–H groups in total. The molecule has 0 spiro atoms. The normalized spacial score (nSPS) is 9.88. The molecule has 2 heteroatoms. The van der Waals surface area contributed by atoms with Crippen molar-refractivity contribution in [2.45, 2.75) is 26.2 Å². The van der Waals surface area contributed by atoms with Crippen LogP contribution in [0, 0.1) is 0 Å². The molecule has 16 heavy (non-hydrogen) atoms. The van der Waals surface area contributed by atoms with Crippen molar-refractivity contribution in [2.24, 2.45) is 0 Å². The molecule has 1 aromatic rings. The van der Waals surface area contributed by atoms with Crippen LogP contribution in [0.15, 0.2) is 30.9 Å². The Morgan fingerprint density at radius 2 is 2.06 bits per heavy atom. The van der Waals surface area contributed by atoms with Crippen LogP contribution in [-0.4, -0.2) is 13.7 Å². The predicted molar refractivity (Wildman–Crippen MR) is 67.3 cm³/mol. The van der Waals surface area contributed by atoms with Gasteiger partial charge in [-0.15, -0.1) is 6.58 Å². The molecule has 0 saturated carbocycles. The zero-order chi connectivity index (χ0) is 11.8. The van der Waals surface area contributed by atoms with Crippen LogP contribution >= 0.6 is 0 Å². The van der Waals surface area contributed by atoms with E-state index in [2.05, 4.69) is 13.5 Å². The number of methoxy groups -OCH3 is 1. The van der Waals surface area contributed by atoms with Crippen LogP contribution in [0.3, 0.4) is 0 Å². The summed E-state index contributed by atoms with van der Waals surface area (Å²) in [6.07, 6.45) is 4.85. The van der Waals surface area contributed by atoms with E-state index in [0.717, 1.165) is 42.9 Å². The molecule has 0 saturated heterocycles. The standard InChI is InChI=1S/C14H20O2/c1-4-6-11-16-14-10-7-9-13(15-3)12(14)8-5-2/h5,7,9-10H,2,4,6,8,11H2,1,3H3. The molecule has 0 atom stereocenters. The van der Waals surface area contributed by atoms with Crippen molar-refractivity contribution in [1.82, 2.24) is 0 Å². The van der Waals surface area contributed by atoms with Crippen molar-refractivity contribution < 1.29 is 9.47 Å². The summed E-state index contributed by atoms with van der Waals surface area (Å²) in [5.74, 6) is 1.78. The van der Waals surface area contributed by atoms with E-state index >= 15 is 0 Å².